The average Bonchev–Trinajstić information content (AvgIpc) is 2.30. The highest BCUT2D eigenvalue weighted by Crippen LogP contribution is 2.27. The monoisotopic (exact) mass is 172 g/mol. The highest BCUT2D eigenvalue weighted by molar-refractivity contribution is 4.94. The summed E-state index contributed by atoms with van der Waals surface area (Å²) in [6.45, 7) is 7.69. The maximum atomic E-state index is 8.81. The summed E-state index contributed by atoms with van der Waals surface area (Å²) in [6, 6.07) is 0.560. The van der Waals surface area contributed by atoms with Crippen LogP contribution in [-0.2, 0) is 0 Å². The van der Waals surface area contributed by atoms with Crippen molar-refractivity contribution >= 4 is 0 Å². The molecule has 3 heteroatoms. The van der Waals surface area contributed by atoms with Crippen LogP contribution in [-0.4, -0.2) is 49.3 Å². The Bertz CT molecular complexity index is 147. The van der Waals surface area contributed by atoms with Crippen molar-refractivity contribution in [2.24, 2.45) is 5.41 Å². The van der Waals surface area contributed by atoms with Crippen LogP contribution in [0.2, 0.25) is 0 Å². The smallest absolute Gasteiger partial charge is 0.0558 e. The van der Waals surface area contributed by atoms with Crippen LogP contribution in [0.4, 0.5) is 0 Å². The van der Waals surface area contributed by atoms with E-state index in [4.69, 9.17) is 5.11 Å². The molecule has 0 bridgehead atoms. The van der Waals surface area contributed by atoms with Crippen molar-refractivity contribution < 1.29 is 5.11 Å². The molecule has 72 valence electrons. The average molecular weight is 172 g/mol. The van der Waals surface area contributed by atoms with E-state index in [1.807, 2.05) is 0 Å². The summed E-state index contributed by atoms with van der Waals surface area (Å²) in [6.07, 6.45) is 0. The van der Waals surface area contributed by atoms with Gasteiger partial charge in [-0.3, -0.25) is 4.90 Å². The van der Waals surface area contributed by atoms with E-state index in [2.05, 4.69) is 31.1 Å². The van der Waals surface area contributed by atoms with Gasteiger partial charge in [-0.15, -0.1) is 0 Å². The number of aliphatic hydroxyl groups is 1. The highest BCUT2D eigenvalue weighted by Gasteiger charge is 2.36. The molecule has 0 aromatic heterocycles. The van der Waals surface area contributed by atoms with Gasteiger partial charge >= 0.3 is 0 Å². The molecule has 1 unspecified atom stereocenters. The Hall–Kier alpha value is -0.120. The lowest BCUT2D eigenvalue weighted by atomic mass is 9.87. The lowest BCUT2D eigenvalue weighted by Gasteiger charge is -2.33. The van der Waals surface area contributed by atoms with Crippen LogP contribution in [0, 0.1) is 5.41 Å². The van der Waals surface area contributed by atoms with Crippen molar-refractivity contribution in [1.29, 1.82) is 0 Å². The van der Waals surface area contributed by atoms with Crippen LogP contribution in [0.1, 0.15) is 13.8 Å². The number of hydrogen-bond donors (Lipinski definition) is 2. The van der Waals surface area contributed by atoms with Crippen LogP contribution in [0.3, 0.4) is 0 Å². The molecule has 3 nitrogen and oxygen atoms in total. The first kappa shape index (κ1) is 9.96. The zero-order chi connectivity index (χ0) is 9.19. The van der Waals surface area contributed by atoms with Gasteiger partial charge < -0.3 is 10.4 Å². The fourth-order valence-electron chi connectivity index (χ4n) is 1.99. The normalized spacial score (nSPS) is 28.2. The first-order valence-corrected chi connectivity index (χ1v) is 4.60. The molecule has 12 heavy (non-hydrogen) atoms. The molecule has 1 aliphatic rings. The third-order valence-electron chi connectivity index (χ3n) is 2.81. The van der Waals surface area contributed by atoms with E-state index >= 15 is 0 Å². The summed E-state index contributed by atoms with van der Waals surface area (Å²) in [5.74, 6) is 0. The van der Waals surface area contributed by atoms with E-state index in [-0.39, 0.29) is 6.61 Å². The first-order chi connectivity index (χ1) is 5.58. The molecule has 2 N–H and O–H groups in total. The van der Waals surface area contributed by atoms with E-state index in [0.717, 1.165) is 19.6 Å². The van der Waals surface area contributed by atoms with Crippen molar-refractivity contribution in [2.75, 3.05) is 33.3 Å². The van der Waals surface area contributed by atoms with Gasteiger partial charge in [-0.05, 0) is 12.5 Å². The fraction of sp³-hybridized carbons (Fsp3) is 1.00. The Morgan fingerprint density at radius 3 is 2.67 bits per heavy atom. The predicted molar refractivity (Wildman–Crippen MR) is 50.2 cm³/mol. The Morgan fingerprint density at radius 1 is 1.58 bits per heavy atom. The Labute approximate surface area is 74.8 Å². The summed E-state index contributed by atoms with van der Waals surface area (Å²) in [7, 11) is 2.08. The second-order valence-electron chi connectivity index (χ2n) is 4.34. The Kier molecular flexibility index (Phi) is 3.09. The van der Waals surface area contributed by atoms with Crippen LogP contribution in [0.25, 0.3) is 0 Å². The van der Waals surface area contributed by atoms with Crippen molar-refractivity contribution in [3.8, 4) is 0 Å². The fourth-order valence-corrected chi connectivity index (χ4v) is 1.99. The van der Waals surface area contributed by atoms with Crippen molar-refractivity contribution in [1.82, 2.24) is 10.2 Å². The molecule has 0 aromatic rings. The van der Waals surface area contributed by atoms with Crippen molar-refractivity contribution in [3.63, 3.8) is 0 Å². The number of rotatable bonds is 3. The molecule has 0 saturated carbocycles. The van der Waals surface area contributed by atoms with E-state index in [9.17, 15) is 0 Å². The molecule has 1 fully saturated rings. The SMILES string of the molecule is CN(CCO)C1CNCC1(C)C. The highest BCUT2D eigenvalue weighted by atomic mass is 16.3. The van der Waals surface area contributed by atoms with Gasteiger partial charge in [-0.1, -0.05) is 13.8 Å². The second-order valence-corrected chi connectivity index (χ2v) is 4.34. The molecule has 0 spiro atoms. The molecule has 0 aromatic carbocycles. The number of nitrogens with zero attached hydrogens (tertiary/aromatic N) is 1. The molecule has 1 rings (SSSR count). The molecular formula is C9H20N2O. The largest absolute Gasteiger partial charge is 0.395 e. The second kappa shape index (κ2) is 3.73. The number of aliphatic hydroxyl groups excluding tert-OH is 1. The van der Waals surface area contributed by atoms with Crippen molar-refractivity contribution in [3.05, 3.63) is 0 Å². The summed E-state index contributed by atoms with van der Waals surface area (Å²) in [5.41, 5.74) is 0.337. The standard InChI is InChI=1S/C9H20N2O/c1-9(2)7-10-6-8(9)11(3)4-5-12/h8,10,12H,4-7H2,1-3H3. The quantitative estimate of drug-likeness (QED) is 0.624. The van der Waals surface area contributed by atoms with Crippen molar-refractivity contribution in [2.45, 2.75) is 19.9 Å². The minimum atomic E-state index is 0.253. The summed E-state index contributed by atoms with van der Waals surface area (Å²) in [4.78, 5) is 2.24. The van der Waals surface area contributed by atoms with Gasteiger partial charge in [0, 0.05) is 25.7 Å². The van der Waals surface area contributed by atoms with Gasteiger partial charge in [-0.25, -0.2) is 0 Å². The lowest BCUT2D eigenvalue weighted by Crippen LogP contribution is -2.43. The van der Waals surface area contributed by atoms with Crippen LogP contribution in [0.15, 0.2) is 0 Å². The van der Waals surface area contributed by atoms with Gasteiger partial charge in [0.25, 0.3) is 0 Å². The molecular weight excluding hydrogens is 152 g/mol. The predicted octanol–water partition coefficient (Wildman–Crippen LogP) is -0.0915. The van der Waals surface area contributed by atoms with Crippen LogP contribution in [0.5, 0.6) is 0 Å². The van der Waals surface area contributed by atoms with Crippen LogP contribution < -0.4 is 5.32 Å². The lowest BCUT2D eigenvalue weighted by molar-refractivity contribution is 0.129. The van der Waals surface area contributed by atoms with E-state index in [1.165, 1.54) is 0 Å². The summed E-state index contributed by atoms with van der Waals surface area (Å²) < 4.78 is 0. The number of hydrogen-bond acceptors (Lipinski definition) is 3. The molecule has 1 atom stereocenters. The molecule has 1 heterocycles. The minimum absolute atomic E-state index is 0.253. The molecule has 0 aliphatic carbocycles. The molecule has 0 radical (unpaired) electrons. The van der Waals surface area contributed by atoms with Gasteiger partial charge in [0.1, 0.15) is 0 Å². The molecule has 1 aliphatic heterocycles. The van der Waals surface area contributed by atoms with Gasteiger partial charge in [0.2, 0.25) is 0 Å². The van der Waals surface area contributed by atoms with Gasteiger partial charge in [0.15, 0.2) is 0 Å². The van der Waals surface area contributed by atoms with Crippen LogP contribution >= 0.6 is 0 Å². The zero-order valence-electron chi connectivity index (χ0n) is 8.30. The molecule has 1 saturated heterocycles. The minimum Gasteiger partial charge on any atom is -0.395 e. The maximum absolute atomic E-state index is 8.81. The first-order valence-electron chi connectivity index (χ1n) is 4.60. The van der Waals surface area contributed by atoms with E-state index in [1.54, 1.807) is 0 Å². The van der Waals surface area contributed by atoms with E-state index in [0.29, 0.717) is 11.5 Å². The van der Waals surface area contributed by atoms with Gasteiger partial charge in [-0.2, -0.15) is 0 Å². The Balaban J connectivity index is 2.50. The third-order valence-corrected chi connectivity index (χ3v) is 2.81. The maximum Gasteiger partial charge on any atom is 0.0558 e. The zero-order valence-corrected chi connectivity index (χ0v) is 8.30. The summed E-state index contributed by atoms with van der Waals surface area (Å²) in [5, 5.41) is 12.2. The molecule has 0 amide bonds. The number of likely N-dealkylation sites (N-methyl/N-ethyl adjacent to an activating group) is 1. The Morgan fingerprint density at radius 2 is 2.25 bits per heavy atom. The topological polar surface area (TPSA) is 35.5 Å². The third kappa shape index (κ3) is 1.97. The number of nitrogens with one attached hydrogen (secondary N) is 1. The van der Waals surface area contributed by atoms with Gasteiger partial charge in [0.05, 0.1) is 6.61 Å². The summed E-state index contributed by atoms with van der Waals surface area (Å²) >= 11 is 0. The van der Waals surface area contributed by atoms with E-state index < -0.39 is 0 Å².